The fraction of sp³-hybridized carbons (Fsp3) is 0.500. The summed E-state index contributed by atoms with van der Waals surface area (Å²) in [6.45, 7) is 9.55. The van der Waals surface area contributed by atoms with Gasteiger partial charge in [-0.1, -0.05) is 6.08 Å². The maximum Gasteiger partial charge on any atom is 0.219 e. The summed E-state index contributed by atoms with van der Waals surface area (Å²) in [5.74, 6) is 0.518. The van der Waals surface area contributed by atoms with Gasteiger partial charge in [-0.05, 0) is 55.3 Å². The number of nitrogens with one attached hydrogen (secondary N) is 1. The number of pyridine rings is 1. The van der Waals surface area contributed by atoms with Gasteiger partial charge in [0.1, 0.15) is 9.35 Å². The van der Waals surface area contributed by atoms with E-state index in [4.69, 9.17) is 4.74 Å². The Morgan fingerprint density at radius 2 is 2.20 bits per heavy atom. The first-order chi connectivity index (χ1) is 9.29. The lowest BCUT2D eigenvalue weighted by Gasteiger charge is -2.28. The minimum atomic E-state index is -1.18. The largest absolute Gasteiger partial charge is 0.598 e. The molecule has 1 unspecified atom stereocenters. The lowest BCUT2D eigenvalue weighted by Crippen LogP contribution is -2.41. The number of aromatic nitrogens is 1. The van der Waals surface area contributed by atoms with Crippen molar-refractivity contribution in [2.75, 3.05) is 7.11 Å². The Balaban J connectivity index is 3.05. The predicted octanol–water partition coefficient (Wildman–Crippen LogP) is 3.52. The molecule has 0 aromatic carbocycles. The number of ether oxygens (including phenoxy) is 1. The van der Waals surface area contributed by atoms with E-state index in [-0.39, 0.29) is 10.8 Å². The average Bonchev–Trinajstić information content (AvgIpc) is 2.36. The molecule has 0 aliphatic carbocycles. The van der Waals surface area contributed by atoms with Crippen LogP contribution in [0.25, 0.3) is 0 Å². The second kappa shape index (κ2) is 7.45. The standard InChI is InChI=1S/C14H21BrN2O2S/c1-6-7-11(17-20(18)14(2,3)4)10-8-9-12(15)16-13(10)19-5/h6,8-9,11,17H,1,7H2,2-5H3/t11?,20-/m1/s1. The fourth-order valence-electron chi connectivity index (χ4n) is 1.57. The molecule has 0 aliphatic heterocycles. The molecule has 4 nitrogen and oxygen atoms in total. The highest BCUT2D eigenvalue weighted by Crippen LogP contribution is 2.29. The number of nitrogens with zero attached hydrogens (tertiary/aromatic N) is 1. The minimum Gasteiger partial charge on any atom is -0.598 e. The molecule has 2 atom stereocenters. The van der Waals surface area contributed by atoms with E-state index in [0.717, 1.165) is 5.56 Å². The van der Waals surface area contributed by atoms with Gasteiger partial charge in [-0.3, -0.25) is 0 Å². The highest BCUT2D eigenvalue weighted by Gasteiger charge is 2.30. The summed E-state index contributed by atoms with van der Waals surface area (Å²) in [4.78, 5) is 4.29. The molecular weight excluding hydrogens is 340 g/mol. The molecule has 0 bridgehead atoms. The Morgan fingerprint density at radius 1 is 1.55 bits per heavy atom. The maximum atomic E-state index is 12.3. The van der Waals surface area contributed by atoms with Crippen molar-refractivity contribution in [3.8, 4) is 5.88 Å². The molecule has 0 amide bonds. The maximum absolute atomic E-state index is 12.3. The molecule has 1 aromatic rings. The Labute approximate surface area is 132 Å². The van der Waals surface area contributed by atoms with Crippen LogP contribution in [0.1, 0.15) is 38.8 Å². The van der Waals surface area contributed by atoms with Crippen molar-refractivity contribution in [3.63, 3.8) is 0 Å². The normalized spacial score (nSPS) is 14.7. The Hall–Kier alpha value is -0.560. The molecule has 0 spiro atoms. The Morgan fingerprint density at radius 3 is 2.70 bits per heavy atom. The van der Waals surface area contributed by atoms with Crippen molar-refractivity contribution in [2.24, 2.45) is 0 Å². The molecular formula is C14H21BrN2O2S. The van der Waals surface area contributed by atoms with Gasteiger partial charge < -0.3 is 9.29 Å². The molecule has 112 valence electrons. The summed E-state index contributed by atoms with van der Waals surface area (Å²) >= 11 is 2.14. The highest BCUT2D eigenvalue weighted by atomic mass is 79.9. The third kappa shape index (κ3) is 4.77. The first kappa shape index (κ1) is 17.5. The van der Waals surface area contributed by atoms with Gasteiger partial charge in [0.25, 0.3) is 0 Å². The van der Waals surface area contributed by atoms with E-state index < -0.39 is 11.4 Å². The molecule has 0 radical (unpaired) electrons. The summed E-state index contributed by atoms with van der Waals surface area (Å²) in [6, 6.07) is 3.61. The average molecular weight is 361 g/mol. The van der Waals surface area contributed by atoms with E-state index in [1.807, 2.05) is 32.9 Å². The van der Waals surface area contributed by atoms with Gasteiger partial charge in [0, 0.05) is 16.9 Å². The van der Waals surface area contributed by atoms with Crippen LogP contribution in [-0.4, -0.2) is 21.4 Å². The first-order valence-corrected chi connectivity index (χ1v) is 8.23. The molecule has 0 saturated carbocycles. The summed E-state index contributed by atoms with van der Waals surface area (Å²) in [7, 11) is 1.57. The van der Waals surface area contributed by atoms with Crippen molar-refractivity contribution in [2.45, 2.75) is 38.0 Å². The zero-order chi connectivity index (χ0) is 15.3. The van der Waals surface area contributed by atoms with Crippen LogP contribution in [0.15, 0.2) is 29.4 Å². The lowest BCUT2D eigenvalue weighted by molar-refractivity contribution is 0.385. The molecule has 1 heterocycles. The first-order valence-electron chi connectivity index (χ1n) is 6.29. The van der Waals surface area contributed by atoms with Crippen LogP contribution in [0.2, 0.25) is 0 Å². The molecule has 0 saturated heterocycles. The zero-order valence-corrected chi connectivity index (χ0v) is 14.7. The molecule has 1 aromatic heterocycles. The minimum absolute atomic E-state index is 0.150. The number of hydrogen-bond acceptors (Lipinski definition) is 4. The third-order valence-corrected chi connectivity index (χ3v) is 4.68. The van der Waals surface area contributed by atoms with E-state index in [1.54, 1.807) is 13.2 Å². The summed E-state index contributed by atoms with van der Waals surface area (Å²) < 4.78 is 21.1. The summed E-state index contributed by atoms with van der Waals surface area (Å²) in [5.41, 5.74) is 0.869. The van der Waals surface area contributed by atoms with Gasteiger partial charge in [0.05, 0.1) is 13.2 Å². The molecule has 1 N–H and O–H groups in total. The van der Waals surface area contributed by atoms with Gasteiger partial charge in [0.15, 0.2) is 0 Å². The van der Waals surface area contributed by atoms with Gasteiger partial charge in [0.2, 0.25) is 5.88 Å². The fourth-order valence-corrected chi connectivity index (χ4v) is 2.70. The SMILES string of the molecule is C=CCC(N[S@+]([O-])C(C)(C)C)c1ccc(Br)nc1OC. The van der Waals surface area contributed by atoms with Gasteiger partial charge in [-0.15, -0.1) is 11.3 Å². The molecule has 1 rings (SSSR count). The number of hydrogen-bond donors (Lipinski definition) is 1. The Bertz CT molecular complexity index is 463. The van der Waals surface area contributed by atoms with E-state index in [1.165, 1.54) is 0 Å². The van der Waals surface area contributed by atoms with Gasteiger partial charge >= 0.3 is 0 Å². The van der Waals surface area contributed by atoms with Crippen LogP contribution in [0.3, 0.4) is 0 Å². The second-order valence-corrected chi connectivity index (χ2v) is 8.12. The monoisotopic (exact) mass is 360 g/mol. The van der Waals surface area contributed by atoms with Crippen LogP contribution >= 0.6 is 15.9 Å². The van der Waals surface area contributed by atoms with E-state index in [0.29, 0.717) is 16.9 Å². The van der Waals surface area contributed by atoms with Crippen LogP contribution in [0.4, 0.5) is 0 Å². The summed E-state index contributed by atoms with van der Waals surface area (Å²) in [5, 5.41) is 0. The van der Waals surface area contributed by atoms with Crippen molar-refractivity contribution in [3.05, 3.63) is 35.0 Å². The predicted molar refractivity (Wildman–Crippen MR) is 87.1 cm³/mol. The number of methoxy groups -OCH3 is 1. The number of halogens is 1. The quantitative estimate of drug-likeness (QED) is 0.479. The topological polar surface area (TPSA) is 57.2 Å². The molecule has 0 aliphatic rings. The second-order valence-electron chi connectivity index (χ2n) is 5.31. The van der Waals surface area contributed by atoms with E-state index >= 15 is 0 Å². The van der Waals surface area contributed by atoms with Crippen molar-refractivity contribution in [1.82, 2.24) is 9.71 Å². The Kier molecular flexibility index (Phi) is 6.51. The van der Waals surface area contributed by atoms with E-state index in [2.05, 4.69) is 32.2 Å². The van der Waals surface area contributed by atoms with Gasteiger partial charge in [-0.25, -0.2) is 4.98 Å². The van der Waals surface area contributed by atoms with Crippen molar-refractivity contribution >= 4 is 27.3 Å². The van der Waals surface area contributed by atoms with Crippen LogP contribution in [-0.2, 0) is 11.4 Å². The lowest BCUT2D eigenvalue weighted by atomic mass is 10.1. The highest BCUT2D eigenvalue weighted by molar-refractivity contribution is 9.10. The smallest absolute Gasteiger partial charge is 0.219 e. The van der Waals surface area contributed by atoms with Crippen LogP contribution in [0.5, 0.6) is 5.88 Å². The molecule has 20 heavy (non-hydrogen) atoms. The molecule has 0 fully saturated rings. The zero-order valence-electron chi connectivity index (χ0n) is 12.3. The van der Waals surface area contributed by atoms with Crippen LogP contribution < -0.4 is 9.46 Å². The van der Waals surface area contributed by atoms with Crippen molar-refractivity contribution in [1.29, 1.82) is 0 Å². The molecule has 6 heteroatoms. The number of rotatable bonds is 6. The van der Waals surface area contributed by atoms with E-state index in [9.17, 15) is 4.55 Å². The summed E-state index contributed by atoms with van der Waals surface area (Å²) in [6.07, 6.45) is 2.43. The van der Waals surface area contributed by atoms with Crippen molar-refractivity contribution < 1.29 is 9.29 Å². The third-order valence-electron chi connectivity index (χ3n) is 2.63. The van der Waals surface area contributed by atoms with Gasteiger partial charge in [-0.2, -0.15) is 0 Å². The van der Waals surface area contributed by atoms with Crippen LogP contribution in [0, 0.1) is 0 Å².